The van der Waals surface area contributed by atoms with Gasteiger partial charge < -0.3 is 5.32 Å². The van der Waals surface area contributed by atoms with Gasteiger partial charge in [0, 0.05) is 29.4 Å². The van der Waals surface area contributed by atoms with E-state index in [1.807, 2.05) is 18.5 Å². The standard InChI is InChI=1S/C13H17N3S/c1-4-15-10(3)12-8-17-13(16-12)11-5-6-14-7-9(11)2/h5-8,10,15H,4H2,1-3H3. The highest BCUT2D eigenvalue weighted by Crippen LogP contribution is 2.27. The summed E-state index contributed by atoms with van der Waals surface area (Å²) in [6.07, 6.45) is 3.70. The largest absolute Gasteiger partial charge is 0.309 e. The molecule has 0 saturated heterocycles. The van der Waals surface area contributed by atoms with Crippen molar-refractivity contribution in [3.05, 3.63) is 35.1 Å². The SMILES string of the molecule is CCNC(C)c1csc(-c2ccncc2C)n1. The molecule has 3 nitrogen and oxygen atoms in total. The molecule has 17 heavy (non-hydrogen) atoms. The summed E-state index contributed by atoms with van der Waals surface area (Å²) in [5.74, 6) is 0. The number of thiazole rings is 1. The molecule has 0 aliphatic carbocycles. The highest BCUT2D eigenvalue weighted by molar-refractivity contribution is 7.13. The summed E-state index contributed by atoms with van der Waals surface area (Å²) < 4.78 is 0. The predicted octanol–water partition coefficient (Wildman–Crippen LogP) is 3.18. The number of pyridine rings is 1. The number of rotatable bonds is 4. The molecule has 0 aliphatic rings. The highest BCUT2D eigenvalue weighted by Gasteiger charge is 2.11. The Morgan fingerprint density at radius 1 is 1.47 bits per heavy atom. The number of hydrogen-bond donors (Lipinski definition) is 1. The first-order valence-electron chi connectivity index (χ1n) is 5.82. The lowest BCUT2D eigenvalue weighted by atomic mass is 10.2. The lowest BCUT2D eigenvalue weighted by molar-refractivity contribution is 0.587. The minimum atomic E-state index is 0.312. The summed E-state index contributed by atoms with van der Waals surface area (Å²) in [5.41, 5.74) is 3.47. The van der Waals surface area contributed by atoms with Crippen LogP contribution in [-0.4, -0.2) is 16.5 Å². The lowest BCUT2D eigenvalue weighted by Crippen LogP contribution is -2.17. The normalized spacial score (nSPS) is 12.6. The third-order valence-corrected chi connectivity index (χ3v) is 3.62. The molecule has 1 unspecified atom stereocenters. The molecule has 1 N–H and O–H groups in total. The number of aromatic nitrogens is 2. The quantitative estimate of drug-likeness (QED) is 0.901. The van der Waals surface area contributed by atoms with Crippen molar-refractivity contribution in [2.75, 3.05) is 6.54 Å². The van der Waals surface area contributed by atoms with E-state index in [-0.39, 0.29) is 0 Å². The van der Waals surface area contributed by atoms with E-state index < -0.39 is 0 Å². The van der Waals surface area contributed by atoms with Crippen molar-refractivity contribution in [1.82, 2.24) is 15.3 Å². The fourth-order valence-corrected chi connectivity index (χ4v) is 2.74. The molecule has 4 heteroatoms. The molecule has 0 saturated carbocycles. The minimum absolute atomic E-state index is 0.312. The molecule has 2 aromatic rings. The van der Waals surface area contributed by atoms with Gasteiger partial charge >= 0.3 is 0 Å². The van der Waals surface area contributed by atoms with Gasteiger partial charge in [-0.3, -0.25) is 4.98 Å². The predicted molar refractivity (Wildman–Crippen MR) is 72.2 cm³/mol. The first kappa shape index (κ1) is 12.2. The molecule has 2 rings (SSSR count). The molecule has 0 spiro atoms. The van der Waals surface area contributed by atoms with Gasteiger partial charge in [0.2, 0.25) is 0 Å². The van der Waals surface area contributed by atoms with E-state index in [0.717, 1.165) is 17.2 Å². The third-order valence-electron chi connectivity index (χ3n) is 2.73. The van der Waals surface area contributed by atoms with Crippen LogP contribution in [0.2, 0.25) is 0 Å². The molecule has 0 aromatic carbocycles. The second-order valence-corrected chi connectivity index (χ2v) is 4.91. The fraction of sp³-hybridized carbons (Fsp3) is 0.385. The Balaban J connectivity index is 2.27. The average molecular weight is 247 g/mol. The van der Waals surface area contributed by atoms with Gasteiger partial charge in [-0.2, -0.15) is 0 Å². The van der Waals surface area contributed by atoms with Gasteiger partial charge in [0.1, 0.15) is 5.01 Å². The lowest BCUT2D eigenvalue weighted by Gasteiger charge is -2.08. The molecular weight excluding hydrogens is 230 g/mol. The Labute approximate surface area is 106 Å². The molecular formula is C13H17N3S. The maximum Gasteiger partial charge on any atom is 0.124 e. The number of hydrogen-bond acceptors (Lipinski definition) is 4. The molecule has 2 aromatic heterocycles. The van der Waals surface area contributed by atoms with E-state index in [0.29, 0.717) is 6.04 Å². The van der Waals surface area contributed by atoms with Crippen LogP contribution in [0.1, 0.15) is 31.1 Å². The van der Waals surface area contributed by atoms with Crippen LogP contribution in [0.15, 0.2) is 23.8 Å². The van der Waals surface area contributed by atoms with Crippen molar-refractivity contribution in [2.24, 2.45) is 0 Å². The van der Waals surface area contributed by atoms with Crippen LogP contribution in [0.3, 0.4) is 0 Å². The maximum atomic E-state index is 4.69. The molecule has 0 bridgehead atoms. The maximum absolute atomic E-state index is 4.69. The van der Waals surface area contributed by atoms with Crippen LogP contribution < -0.4 is 5.32 Å². The minimum Gasteiger partial charge on any atom is -0.309 e. The van der Waals surface area contributed by atoms with Gasteiger partial charge in [-0.15, -0.1) is 11.3 Å². The topological polar surface area (TPSA) is 37.8 Å². The van der Waals surface area contributed by atoms with Crippen molar-refractivity contribution in [1.29, 1.82) is 0 Å². The summed E-state index contributed by atoms with van der Waals surface area (Å²) in [5, 5.41) is 6.57. The summed E-state index contributed by atoms with van der Waals surface area (Å²) in [6.45, 7) is 7.28. The number of nitrogens with one attached hydrogen (secondary N) is 1. The second-order valence-electron chi connectivity index (χ2n) is 4.05. The van der Waals surface area contributed by atoms with E-state index >= 15 is 0 Å². The van der Waals surface area contributed by atoms with Crippen LogP contribution in [0.25, 0.3) is 10.6 Å². The Morgan fingerprint density at radius 2 is 2.29 bits per heavy atom. The average Bonchev–Trinajstić information content (AvgIpc) is 2.79. The Bertz CT molecular complexity index is 493. The third kappa shape index (κ3) is 2.70. The van der Waals surface area contributed by atoms with Crippen LogP contribution in [-0.2, 0) is 0 Å². The van der Waals surface area contributed by atoms with Gasteiger partial charge in [0.25, 0.3) is 0 Å². The zero-order valence-electron chi connectivity index (χ0n) is 10.4. The van der Waals surface area contributed by atoms with E-state index in [1.165, 1.54) is 11.1 Å². The molecule has 90 valence electrons. The number of aryl methyl sites for hydroxylation is 1. The fourth-order valence-electron chi connectivity index (χ4n) is 1.73. The Morgan fingerprint density at radius 3 is 3.00 bits per heavy atom. The zero-order valence-corrected chi connectivity index (χ0v) is 11.2. The molecule has 0 fully saturated rings. The first-order chi connectivity index (χ1) is 8.22. The van der Waals surface area contributed by atoms with E-state index in [4.69, 9.17) is 0 Å². The monoisotopic (exact) mass is 247 g/mol. The van der Waals surface area contributed by atoms with Gasteiger partial charge in [-0.25, -0.2) is 4.98 Å². The van der Waals surface area contributed by atoms with Crippen LogP contribution in [0.4, 0.5) is 0 Å². The molecule has 0 radical (unpaired) electrons. The molecule has 2 heterocycles. The van der Waals surface area contributed by atoms with Crippen molar-refractivity contribution in [2.45, 2.75) is 26.8 Å². The molecule has 0 amide bonds. The highest BCUT2D eigenvalue weighted by atomic mass is 32.1. The van der Waals surface area contributed by atoms with Crippen molar-refractivity contribution in [3.8, 4) is 10.6 Å². The van der Waals surface area contributed by atoms with Gasteiger partial charge in [0.05, 0.1) is 5.69 Å². The van der Waals surface area contributed by atoms with Crippen LogP contribution in [0, 0.1) is 6.92 Å². The summed E-state index contributed by atoms with van der Waals surface area (Å²) >= 11 is 1.69. The van der Waals surface area contributed by atoms with Crippen LogP contribution in [0.5, 0.6) is 0 Å². The van der Waals surface area contributed by atoms with E-state index in [2.05, 4.69) is 41.4 Å². The van der Waals surface area contributed by atoms with Gasteiger partial charge in [0.15, 0.2) is 0 Å². The molecule has 0 aliphatic heterocycles. The zero-order chi connectivity index (χ0) is 12.3. The summed E-state index contributed by atoms with van der Waals surface area (Å²) in [6, 6.07) is 2.34. The van der Waals surface area contributed by atoms with Gasteiger partial charge in [-0.05, 0) is 32.0 Å². The van der Waals surface area contributed by atoms with E-state index in [9.17, 15) is 0 Å². The Hall–Kier alpha value is -1.26. The summed E-state index contributed by atoms with van der Waals surface area (Å²) in [4.78, 5) is 8.79. The molecule has 1 atom stereocenters. The van der Waals surface area contributed by atoms with Crippen molar-refractivity contribution < 1.29 is 0 Å². The van der Waals surface area contributed by atoms with Gasteiger partial charge in [-0.1, -0.05) is 6.92 Å². The summed E-state index contributed by atoms with van der Waals surface area (Å²) in [7, 11) is 0. The Kier molecular flexibility index (Phi) is 3.86. The van der Waals surface area contributed by atoms with E-state index in [1.54, 1.807) is 11.3 Å². The number of nitrogens with zero attached hydrogens (tertiary/aromatic N) is 2. The van der Waals surface area contributed by atoms with Crippen molar-refractivity contribution >= 4 is 11.3 Å². The first-order valence-corrected chi connectivity index (χ1v) is 6.70. The van der Waals surface area contributed by atoms with Crippen LogP contribution >= 0.6 is 11.3 Å². The van der Waals surface area contributed by atoms with Crippen molar-refractivity contribution in [3.63, 3.8) is 0 Å². The second kappa shape index (κ2) is 5.38. The smallest absolute Gasteiger partial charge is 0.124 e.